The van der Waals surface area contributed by atoms with E-state index in [1.807, 2.05) is 43.2 Å². The van der Waals surface area contributed by atoms with Gasteiger partial charge in [0.2, 0.25) is 0 Å². The third kappa shape index (κ3) is 4.00. The first kappa shape index (κ1) is 21.0. The fourth-order valence-electron chi connectivity index (χ4n) is 5.34. The Labute approximate surface area is 182 Å². The van der Waals surface area contributed by atoms with E-state index in [1.54, 1.807) is 0 Å². The summed E-state index contributed by atoms with van der Waals surface area (Å²) in [6.07, 6.45) is 2.95. The number of Topliss-reactive ketones (excluding diaryl/α,β-unsaturated/α-hetero) is 2. The molecular weight excluding hydrogens is 394 g/mol. The van der Waals surface area contributed by atoms with Crippen LogP contribution in [0.5, 0.6) is 0 Å². The molecule has 1 saturated heterocycles. The van der Waals surface area contributed by atoms with Crippen molar-refractivity contribution in [3.05, 3.63) is 56.8 Å². The van der Waals surface area contributed by atoms with E-state index in [0.717, 1.165) is 59.5 Å². The zero-order valence-corrected chi connectivity index (χ0v) is 18.8. The number of benzene rings is 1. The zero-order chi connectivity index (χ0) is 21.4. The number of likely N-dealkylation sites (tertiary alicyclic amines) is 1. The van der Waals surface area contributed by atoms with Gasteiger partial charge in [-0.1, -0.05) is 23.8 Å². The number of rotatable bonds is 4. The second-order valence-electron chi connectivity index (χ2n) is 8.96. The quantitative estimate of drug-likeness (QED) is 0.660. The molecular formula is C25H29NO3S. The number of carbonyl (C=O) groups is 3. The minimum atomic E-state index is -0.587. The van der Waals surface area contributed by atoms with Gasteiger partial charge in [0.1, 0.15) is 11.7 Å². The molecule has 2 aromatic rings. The van der Waals surface area contributed by atoms with Crippen LogP contribution in [0.4, 0.5) is 0 Å². The minimum absolute atomic E-state index is 0.0744. The predicted octanol–water partition coefficient (Wildman–Crippen LogP) is 4.86. The van der Waals surface area contributed by atoms with Gasteiger partial charge in [0.15, 0.2) is 5.78 Å². The van der Waals surface area contributed by atoms with E-state index in [1.165, 1.54) is 11.3 Å². The highest BCUT2D eigenvalue weighted by Crippen LogP contribution is 2.40. The normalized spacial score (nSPS) is 22.7. The van der Waals surface area contributed by atoms with Gasteiger partial charge in [-0.15, -0.1) is 11.3 Å². The highest BCUT2D eigenvalue weighted by atomic mass is 32.1. The molecule has 2 unspecified atom stereocenters. The van der Waals surface area contributed by atoms with Crippen LogP contribution in [0.3, 0.4) is 0 Å². The second-order valence-corrected chi connectivity index (χ2v) is 9.91. The number of amides is 1. The van der Waals surface area contributed by atoms with Crippen molar-refractivity contribution in [1.82, 2.24) is 4.90 Å². The molecule has 4 nitrogen and oxygen atoms in total. The van der Waals surface area contributed by atoms with Crippen molar-refractivity contribution in [3.8, 4) is 0 Å². The van der Waals surface area contributed by atoms with Gasteiger partial charge in [-0.25, -0.2) is 0 Å². The van der Waals surface area contributed by atoms with Crippen molar-refractivity contribution in [2.75, 3.05) is 13.1 Å². The predicted molar refractivity (Wildman–Crippen MR) is 119 cm³/mol. The molecule has 1 aromatic heterocycles. The Morgan fingerprint density at radius 2 is 1.77 bits per heavy atom. The summed E-state index contributed by atoms with van der Waals surface area (Å²) in [5.41, 5.74) is 4.17. The molecule has 30 heavy (non-hydrogen) atoms. The molecule has 4 rings (SSSR count). The fraction of sp³-hybridized carbons (Fsp3) is 0.480. The average Bonchev–Trinajstić information content (AvgIpc) is 3.32. The lowest BCUT2D eigenvalue weighted by atomic mass is 9.83. The first-order valence-electron chi connectivity index (χ1n) is 10.8. The Hall–Kier alpha value is -2.27. The minimum Gasteiger partial charge on any atom is -0.338 e. The Morgan fingerprint density at radius 3 is 2.37 bits per heavy atom. The molecule has 2 heterocycles. The molecule has 2 fully saturated rings. The number of aryl methyl sites for hydroxylation is 3. The molecule has 2 atom stereocenters. The van der Waals surface area contributed by atoms with Gasteiger partial charge >= 0.3 is 0 Å². The number of hydrogen-bond donors (Lipinski definition) is 0. The first-order valence-corrected chi connectivity index (χ1v) is 11.7. The van der Waals surface area contributed by atoms with E-state index in [-0.39, 0.29) is 23.4 Å². The van der Waals surface area contributed by atoms with Crippen LogP contribution in [0, 0.1) is 32.6 Å². The van der Waals surface area contributed by atoms with Crippen molar-refractivity contribution in [2.24, 2.45) is 11.8 Å². The van der Waals surface area contributed by atoms with Gasteiger partial charge in [0, 0.05) is 25.4 Å². The molecule has 0 N–H and O–H groups in total. The molecule has 1 aliphatic carbocycles. The number of hydrogen-bond acceptors (Lipinski definition) is 4. The SMILES string of the molecule is Cc1cc(C)c(C2C(=O)CC(CC3CCN(C(=O)c4cccs4)CC3)C2=O)c(C)c1. The number of carbonyl (C=O) groups excluding carboxylic acids is 3. The molecule has 0 spiro atoms. The summed E-state index contributed by atoms with van der Waals surface area (Å²) in [6, 6.07) is 7.91. The molecule has 0 radical (unpaired) electrons. The van der Waals surface area contributed by atoms with Crippen molar-refractivity contribution >= 4 is 28.8 Å². The van der Waals surface area contributed by atoms with Gasteiger partial charge in [0.25, 0.3) is 5.91 Å². The Morgan fingerprint density at radius 1 is 1.10 bits per heavy atom. The van der Waals surface area contributed by atoms with Crippen molar-refractivity contribution < 1.29 is 14.4 Å². The topological polar surface area (TPSA) is 54.5 Å². The summed E-state index contributed by atoms with van der Waals surface area (Å²) >= 11 is 1.48. The van der Waals surface area contributed by atoms with E-state index in [0.29, 0.717) is 12.3 Å². The molecule has 2 aliphatic rings. The van der Waals surface area contributed by atoms with Crippen LogP contribution in [0.1, 0.15) is 63.5 Å². The summed E-state index contributed by atoms with van der Waals surface area (Å²) in [4.78, 5) is 41.3. The van der Waals surface area contributed by atoms with Crippen molar-refractivity contribution in [3.63, 3.8) is 0 Å². The van der Waals surface area contributed by atoms with Crippen LogP contribution in [0.25, 0.3) is 0 Å². The number of nitrogens with zero attached hydrogens (tertiary/aromatic N) is 1. The lowest BCUT2D eigenvalue weighted by Crippen LogP contribution is -2.38. The number of ketones is 2. The largest absolute Gasteiger partial charge is 0.338 e. The Balaban J connectivity index is 1.39. The van der Waals surface area contributed by atoms with E-state index in [9.17, 15) is 14.4 Å². The molecule has 158 valence electrons. The summed E-state index contributed by atoms with van der Waals surface area (Å²) in [7, 11) is 0. The van der Waals surface area contributed by atoms with Crippen molar-refractivity contribution in [2.45, 2.75) is 52.4 Å². The number of thiophene rings is 1. The lowest BCUT2D eigenvalue weighted by Gasteiger charge is -2.32. The zero-order valence-electron chi connectivity index (χ0n) is 17.9. The third-order valence-corrected chi connectivity index (χ3v) is 7.59. The van der Waals surface area contributed by atoms with E-state index < -0.39 is 5.92 Å². The summed E-state index contributed by atoms with van der Waals surface area (Å²) < 4.78 is 0. The number of piperidine rings is 1. The second kappa shape index (κ2) is 8.46. The molecule has 0 bridgehead atoms. The maximum atomic E-state index is 13.2. The van der Waals surface area contributed by atoms with Gasteiger partial charge in [0.05, 0.1) is 4.88 Å². The smallest absolute Gasteiger partial charge is 0.263 e. The molecule has 5 heteroatoms. The van der Waals surface area contributed by atoms with Crippen molar-refractivity contribution in [1.29, 1.82) is 0 Å². The summed E-state index contributed by atoms with van der Waals surface area (Å²) in [5.74, 6) is -0.0696. The van der Waals surface area contributed by atoms with Crippen LogP contribution < -0.4 is 0 Å². The van der Waals surface area contributed by atoms with Crippen LogP contribution in [0.2, 0.25) is 0 Å². The molecule has 1 aromatic carbocycles. The van der Waals surface area contributed by atoms with Gasteiger partial charge in [-0.05, 0) is 74.1 Å². The fourth-order valence-corrected chi connectivity index (χ4v) is 6.03. The maximum absolute atomic E-state index is 13.2. The highest BCUT2D eigenvalue weighted by Gasteiger charge is 2.44. The van der Waals surface area contributed by atoms with Gasteiger partial charge in [-0.2, -0.15) is 0 Å². The van der Waals surface area contributed by atoms with Crippen LogP contribution in [0.15, 0.2) is 29.6 Å². The van der Waals surface area contributed by atoms with E-state index in [4.69, 9.17) is 0 Å². The molecule has 1 aliphatic heterocycles. The first-order chi connectivity index (χ1) is 14.3. The molecule has 1 amide bonds. The summed E-state index contributed by atoms with van der Waals surface area (Å²) in [6.45, 7) is 7.51. The highest BCUT2D eigenvalue weighted by molar-refractivity contribution is 7.12. The third-order valence-electron chi connectivity index (χ3n) is 6.73. The monoisotopic (exact) mass is 423 g/mol. The molecule has 1 saturated carbocycles. The van der Waals surface area contributed by atoms with Gasteiger partial charge in [-0.3, -0.25) is 14.4 Å². The Kier molecular flexibility index (Phi) is 5.92. The van der Waals surface area contributed by atoms with E-state index >= 15 is 0 Å². The Bertz CT molecular complexity index is 947. The maximum Gasteiger partial charge on any atom is 0.263 e. The summed E-state index contributed by atoms with van der Waals surface area (Å²) in [5, 5.41) is 1.93. The van der Waals surface area contributed by atoms with E-state index in [2.05, 4.69) is 12.1 Å². The van der Waals surface area contributed by atoms with Crippen LogP contribution >= 0.6 is 11.3 Å². The van der Waals surface area contributed by atoms with Crippen LogP contribution in [-0.4, -0.2) is 35.5 Å². The standard InChI is InChI=1S/C25H29NO3S/c1-15-11-16(2)22(17(3)12-15)23-20(27)14-19(24(23)28)13-18-6-8-26(9-7-18)25(29)21-5-4-10-30-21/h4-5,10-12,18-19,23H,6-9,13-14H2,1-3H3. The van der Waals surface area contributed by atoms with Crippen LogP contribution in [-0.2, 0) is 9.59 Å². The average molecular weight is 424 g/mol. The van der Waals surface area contributed by atoms with Gasteiger partial charge < -0.3 is 4.90 Å². The lowest BCUT2D eigenvalue weighted by molar-refractivity contribution is -0.125.